The number of benzene rings is 1. The van der Waals surface area contributed by atoms with Crippen LogP contribution in [-0.2, 0) is 6.42 Å². The molecule has 2 unspecified atom stereocenters. The van der Waals surface area contributed by atoms with Gasteiger partial charge in [0.15, 0.2) is 0 Å². The Morgan fingerprint density at radius 1 is 1.33 bits per heavy atom. The van der Waals surface area contributed by atoms with E-state index in [1.54, 1.807) is 6.20 Å². The topological polar surface area (TPSA) is 50.9 Å². The van der Waals surface area contributed by atoms with Gasteiger partial charge in [-0.1, -0.05) is 24.3 Å². The summed E-state index contributed by atoms with van der Waals surface area (Å²) in [6.45, 7) is 0. The second kappa shape index (κ2) is 4.48. The first-order valence-corrected chi connectivity index (χ1v) is 5.94. The van der Waals surface area contributed by atoms with Crippen LogP contribution < -0.4 is 11.3 Å². The highest BCUT2D eigenvalue weighted by atomic mass is 19.1. The van der Waals surface area contributed by atoms with Gasteiger partial charge >= 0.3 is 0 Å². The predicted octanol–water partition coefficient (Wildman–Crippen LogP) is 2.06. The summed E-state index contributed by atoms with van der Waals surface area (Å²) in [6, 6.07) is 9.65. The Kier molecular flexibility index (Phi) is 2.81. The van der Waals surface area contributed by atoms with Gasteiger partial charge in [0.2, 0.25) is 0 Å². The van der Waals surface area contributed by atoms with Crippen LogP contribution in [0.15, 0.2) is 42.7 Å². The number of nitrogens with two attached hydrogens (primary N) is 1. The fourth-order valence-corrected chi connectivity index (χ4v) is 2.64. The normalized spacial score (nSPS) is 18.9. The molecular formula is C14H14FN3. The van der Waals surface area contributed by atoms with E-state index < -0.39 is 0 Å². The molecule has 1 heterocycles. The van der Waals surface area contributed by atoms with Crippen molar-refractivity contribution in [2.75, 3.05) is 0 Å². The number of hydrogen-bond acceptors (Lipinski definition) is 3. The highest BCUT2D eigenvalue weighted by Crippen LogP contribution is 2.42. The summed E-state index contributed by atoms with van der Waals surface area (Å²) in [5.41, 5.74) is 6.19. The first-order chi connectivity index (χ1) is 8.79. The van der Waals surface area contributed by atoms with E-state index in [0.717, 1.165) is 12.0 Å². The number of rotatable bonds is 3. The van der Waals surface area contributed by atoms with Crippen molar-refractivity contribution in [3.8, 4) is 0 Å². The zero-order valence-electron chi connectivity index (χ0n) is 9.81. The van der Waals surface area contributed by atoms with E-state index in [4.69, 9.17) is 5.84 Å². The van der Waals surface area contributed by atoms with Gasteiger partial charge in [0.05, 0.1) is 12.2 Å². The number of pyridine rings is 1. The number of nitrogens with zero attached hydrogens (tertiary/aromatic N) is 1. The smallest absolute Gasteiger partial charge is 0.141 e. The van der Waals surface area contributed by atoms with Crippen molar-refractivity contribution in [3.63, 3.8) is 0 Å². The third-order valence-electron chi connectivity index (χ3n) is 3.56. The van der Waals surface area contributed by atoms with E-state index in [0.29, 0.717) is 0 Å². The zero-order chi connectivity index (χ0) is 12.5. The van der Waals surface area contributed by atoms with Crippen LogP contribution in [0.3, 0.4) is 0 Å². The van der Waals surface area contributed by atoms with Gasteiger partial charge in [-0.05, 0) is 29.2 Å². The SMILES string of the molecule is NNC(c1cncc(F)c1)C1Cc2ccccc21. The lowest BCUT2D eigenvalue weighted by Crippen LogP contribution is -2.37. The lowest BCUT2D eigenvalue weighted by molar-refractivity contribution is 0.416. The Morgan fingerprint density at radius 2 is 2.17 bits per heavy atom. The zero-order valence-corrected chi connectivity index (χ0v) is 9.81. The lowest BCUT2D eigenvalue weighted by atomic mass is 9.72. The molecule has 1 aromatic carbocycles. The standard InChI is InChI=1S/C14H14FN3/c15-11-5-10(7-17-8-11)14(18-16)13-6-9-3-1-2-4-12(9)13/h1-5,7-8,13-14,18H,6,16H2. The lowest BCUT2D eigenvalue weighted by Gasteiger charge is -2.36. The van der Waals surface area contributed by atoms with Crippen LogP contribution in [0.5, 0.6) is 0 Å². The van der Waals surface area contributed by atoms with Gasteiger partial charge in [0, 0.05) is 12.1 Å². The Balaban J connectivity index is 1.92. The van der Waals surface area contributed by atoms with Gasteiger partial charge in [-0.15, -0.1) is 0 Å². The van der Waals surface area contributed by atoms with Crippen LogP contribution in [-0.4, -0.2) is 4.98 Å². The maximum absolute atomic E-state index is 13.2. The Morgan fingerprint density at radius 3 is 2.89 bits per heavy atom. The fraction of sp³-hybridized carbons (Fsp3) is 0.214. The third-order valence-corrected chi connectivity index (χ3v) is 3.56. The second-order valence-corrected chi connectivity index (χ2v) is 4.59. The molecule has 3 N–H and O–H groups in total. The van der Waals surface area contributed by atoms with Crippen molar-refractivity contribution in [1.29, 1.82) is 0 Å². The maximum atomic E-state index is 13.2. The minimum absolute atomic E-state index is 0.0944. The number of hydrazine groups is 1. The molecule has 18 heavy (non-hydrogen) atoms. The summed E-state index contributed by atoms with van der Waals surface area (Å²) in [7, 11) is 0. The molecule has 92 valence electrons. The van der Waals surface area contributed by atoms with Crippen LogP contribution in [0, 0.1) is 5.82 Å². The summed E-state index contributed by atoms with van der Waals surface area (Å²) in [5.74, 6) is 5.58. The molecule has 3 nitrogen and oxygen atoms in total. The molecule has 0 fully saturated rings. The summed E-state index contributed by atoms with van der Waals surface area (Å²) < 4.78 is 13.2. The number of halogens is 1. The average Bonchev–Trinajstić information content (AvgIpc) is 2.36. The van der Waals surface area contributed by atoms with Gasteiger partial charge in [-0.25, -0.2) is 4.39 Å². The monoisotopic (exact) mass is 243 g/mol. The van der Waals surface area contributed by atoms with Crippen LogP contribution in [0.2, 0.25) is 0 Å². The largest absolute Gasteiger partial charge is 0.271 e. The molecule has 1 aliphatic carbocycles. The van der Waals surface area contributed by atoms with Gasteiger partial charge < -0.3 is 0 Å². The number of nitrogens with one attached hydrogen (secondary N) is 1. The second-order valence-electron chi connectivity index (χ2n) is 4.59. The van der Waals surface area contributed by atoms with Crippen molar-refractivity contribution < 1.29 is 4.39 Å². The van der Waals surface area contributed by atoms with E-state index in [-0.39, 0.29) is 17.8 Å². The molecule has 4 heteroatoms. The quantitative estimate of drug-likeness (QED) is 0.641. The number of hydrogen-bond donors (Lipinski definition) is 2. The van der Waals surface area contributed by atoms with E-state index in [1.807, 2.05) is 12.1 Å². The molecule has 3 rings (SSSR count). The van der Waals surface area contributed by atoms with Crippen molar-refractivity contribution in [2.24, 2.45) is 5.84 Å². The number of fused-ring (bicyclic) bond motifs is 1. The summed E-state index contributed by atoms with van der Waals surface area (Å²) >= 11 is 0. The van der Waals surface area contributed by atoms with Gasteiger partial charge in [0.25, 0.3) is 0 Å². The fourth-order valence-electron chi connectivity index (χ4n) is 2.64. The highest BCUT2D eigenvalue weighted by Gasteiger charge is 2.33. The summed E-state index contributed by atoms with van der Waals surface area (Å²) in [4.78, 5) is 3.88. The highest BCUT2D eigenvalue weighted by molar-refractivity contribution is 5.42. The summed E-state index contributed by atoms with van der Waals surface area (Å²) in [5, 5.41) is 0. The van der Waals surface area contributed by atoms with E-state index >= 15 is 0 Å². The maximum Gasteiger partial charge on any atom is 0.141 e. The van der Waals surface area contributed by atoms with Crippen molar-refractivity contribution >= 4 is 0 Å². The molecule has 0 aliphatic heterocycles. The van der Waals surface area contributed by atoms with E-state index in [1.165, 1.54) is 23.4 Å². The van der Waals surface area contributed by atoms with Gasteiger partial charge in [-0.2, -0.15) is 0 Å². The summed E-state index contributed by atoms with van der Waals surface area (Å²) in [6.07, 6.45) is 3.82. The van der Waals surface area contributed by atoms with Crippen molar-refractivity contribution in [2.45, 2.75) is 18.4 Å². The molecular weight excluding hydrogens is 229 g/mol. The minimum Gasteiger partial charge on any atom is -0.271 e. The minimum atomic E-state index is -0.333. The van der Waals surface area contributed by atoms with Crippen molar-refractivity contribution in [1.82, 2.24) is 10.4 Å². The van der Waals surface area contributed by atoms with Gasteiger partial charge in [0.1, 0.15) is 5.82 Å². The van der Waals surface area contributed by atoms with E-state index in [2.05, 4.69) is 22.5 Å². The van der Waals surface area contributed by atoms with Crippen molar-refractivity contribution in [3.05, 3.63) is 65.2 Å². The third kappa shape index (κ3) is 1.79. The molecule has 0 radical (unpaired) electrons. The number of aromatic nitrogens is 1. The molecule has 0 spiro atoms. The Bertz CT molecular complexity index is 570. The first-order valence-electron chi connectivity index (χ1n) is 5.94. The first kappa shape index (κ1) is 11.3. The molecule has 0 saturated carbocycles. The molecule has 0 amide bonds. The average molecular weight is 243 g/mol. The van der Waals surface area contributed by atoms with Crippen LogP contribution >= 0.6 is 0 Å². The molecule has 0 bridgehead atoms. The van der Waals surface area contributed by atoms with Gasteiger partial charge in [-0.3, -0.25) is 16.3 Å². The molecule has 1 aliphatic rings. The van der Waals surface area contributed by atoms with Crippen LogP contribution in [0.1, 0.15) is 28.7 Å². The Labute approximate surface area is 105 Å². The molecule has 2 atom stereocenters. The predicted molar refractivity (Wildman–Crippen MR) is 67.1 cm³/mol. The van der Waals surface area contributed by atoms with Crippen LogP contribution in [0.4, 0.5) is 4.39 Å². The van der Waals surface area contributed by atoms with Crippen LogP contribution in [0.25, 0.3) is 0 Å². The molecule has 2 aromatic rings. The molecule has 0 saturated heterocycles. The Hall–Kier alpha value is -1.78. The molecule has 1 aromatic heterocycles. The van der Waals surface area contributed by atoms with E-state index in [9.17, 15) is 4.39 Å².